The van der Waals surface area contributed by atoms with Gasteiger partial charge in [-0.2, -0.15) is 0 Å². The van der Waals surface area contributed by atoms with Crippen LogP contribution in [0.1, 0.15) is 42.4 Å². The predicted octanol–water partition coefficient (Wildman–Crippen LogP) is 3.23. The molecule has 0 saturated heterocycles. The van der Waals surface area contributed by atoms with E-state index in [0.717, 1.165) is 24.2 Å². The molecule has 21 heavy (non-hydrogen) atoms. The van der Waals surface area contributed by atoms with Crippen molar-refractivity contribution in [2.45, 2.75) is 52.5 Å². The molecule has 0 atom stereocenters. The summed E-state index contributed by atoms with van der Waals surface area (Å²) < 4.78 is 5.83. The molecule has 1 aliphatic carbocycles. The predicted molar refractivity (Wildman–Crippen MR) is 84.9 cm³/mol. The minimum absolute atomic E-state index is 0.0804. The van der Waals surface area contributed by atoms with E-state index in [1.807, 2.05) is 6.92 Å². The first kappa shape index (κ1) is 15.7. The number of hydrogen-bond acceptors (Lipinski definition) is 2. The van der Waals surface area contributed by atoms with Crippen molar-refractivity contribution in [3.05, 3.63) is 28.8 Å². The number of hydrogen-bond donors (Lipinski definition) is 2. The molecule has 0 bridgehead atoms. The Morgan fingerprint density at radius 2 is 1.86 bits per heavy atom. The lowest BCUT2D eigenvalue weighted by Gasteiger charge is -2.15. The minimum atomic E-state index is -0.0804. The van der Waals surface area contributed by atoms with Crippen LogP contribution in [0.15, 0.2) is 12.1 Å². The molecule has 2 rings (SSSR count). The summed E-state index contributed by atoms with van der Waals surface area (Å²) in [6.07, 6.45) is 4.65. The number of nitrogens with one attached hydrogen (secondary N) is 2. The summed E-state index contributed by atoms with van der Waals surface area (Å²) in [4.78, 5) is 11.7. The van der Waals surface area contributed by atoms with Crippen LogP contribution in [0.4, 0.5) is 4.79 Å². The molecule has 0 spiro atoms. The zero-order valence-electron chi connectivity index (χ0n) is 13.3. The second kappa shape index (κ2) is 7.34. The smallest absolute Gasteiger partial charge is 0.315 e. The highest BCUT2D eigenvalue weighted by atomic mass is 16.5. The SMILES string of the molecule is Cc1ccc(C)c(OCCNC(=O)NC2CCCC2)c1C. The number of aryl methyl sites for hydroxylation is 2. The van der Waals surface area contributed by atoms with Crippen molar-refractivity contribution >= 4 is 6.03 Å². The maximum Gasteiger partial charge on any atom is 0.315 e. The fraction of sp³-hybridized carbons (Fsp3) is 0.588. The molecule has 2 N–H and O–H groups in total. The van der Waals surface area contributed by atoms with E-state index in [1.165, 1.54) is 24.0 Å². The van der Waals surface area contributed by atoms with Gasteiger partial charge in [0.15, 0.2) is 0 Å². The van der Waals surface area contributed by atoms with Crippen molar-refractivity contribution in [2.75, 3.05) is 13.2 Å². The maximum absolute atomic E-state index is 11.7. The molecule has 0 aliphatic heterocycles. The number of ether oxygens (including phenoxy) is 1. The normalized spacial score (nSPS) is 15.0. The molecular weight excluding hydrogens is 264 g/mol. The van der Waals surface area contributed by atoms with Crippen LogP contribution in [-0.2, 0) is 0 Å². The van der Waals surface area contributed by atoms with Crippen molar-refractivity contribution in [3.63, 3.8) is 0 Å². The lowest BCUT2D eigenvalue weighted by atomic mass is 10.1. The van der Waals surface area contributed by atoms with E-state index < -0.39 is 0 Å². The zero-order valence-corrected chi connectivity index (χ0v) is 13.3. The van der Waals surface area contributed by atoms with E-state index in [2.05, 4.69) is 36.6 Å². The second-order valence-electron chi connectivity index (χ2n) is 5.88. The monoisotopic (exact) mass is 290 g/mol. The molecule has 0 radical (unpaired) electrons. The van der Waals surface area contributed by atoms with E-state index >= 15 is 0 Å². The highest BCUT2D eigenvalue weighted by molar-refractivity contribution is 5.74. The van der Waals surface area contributed by atoms with Crippen LogP contribution in [0, 0.1) is 20.8 Å². The van der Waals surface area contributed by atoms with Crippen molar-refractivity contribution in [2.24, 2.45) is 0 Å². The summed E-state index contributed by atoms with van der Waals surface area (Å²) in [5.41, 5.74) is 3.53. The van der Waals surface area contributed by atoms with Crippen LogP contribution in [0.3, 0.4) is 0 Å². The van der Waals surface area contributed by atoms with Crippen LogP contribution in [0.2, 0.25) is 0 Å². The summed E-state index contributed by atoms with van der Waals surface area (Å²) in [5.74, 6) is 0.938. The first-order valence-electron chi connectivity index (χ1n) is 7.82. The van der Waals surface area contributed by atoms with Gasteiger partial charge in [0.1, 0.15) is 12.4 Å². The summed E-state index contributed by atoms with van der Waals surface area (Å²) in [5, 5.41) is 5.86. The van der Waals surface area contributed by atoms with Crippen molar-refractivity contribution in [3.8, 4) is 5.75 Å². The molecule has 0 unspecified atom stereocenters. The molecule has 1 saturated carbocycles. The van der Waals surface area contributed by atoms with Gasteiger partial charge in [-0.25, -0.2) is 4.79 Å². The number of carbonyl (C=O) groups is 1. The second-order valence-corrected chi connectivity index (χ2v) is 5.88. The Morgan fingerprint density at radius 1 is 1.19 bits per heavy atom. The van der Waals surface area contributed by atoms with Crippen LogP contribution < -0.4 is 15.4 Å². The van der Waals surface area contributed by atoms with Gasteiger partial charge in [0, 0.05) is 6.04 Å². The van der Waals surface area contributed by atoms with E-state index in [4.69, 9.17) is 4.74 Å². The lowest BCUT2D eigenvalue weighted by Crippen LogP contribution is -2.42. The van der Waals surface area contributed by atoms with Gasteiger partial charge >= 0.3 is 6.03 Å². The molecule has 4 heteroatoms. The quantitative estimate of drug-likeness (QED) is 0.818. The van der Waals surface area contributed by atoms with E-state index in [-0.39, 0.29) is 6.03 Å². The molecule has 116 valence electrons. The number of benzene rings is 1. The standard InChI is InChI=1S/C17H26N2O2/c1-12-8-9-13(2)16(14(12)3)21-11-10-18-17(20)19-15-6-4-5-7-15/h8-9,15H,4-7,10-11H2,1-3H3,(H2,18,19,20). The lowest BCUT2D eigenvalue weighted by molar-refractivity contribution is 0.232. The Labute approximate surface area is 127 Å². The first-order chi connectivity index (χ1) is 10.1. The first-order valence-corrected chi connectivity index (χ1v) is 7.82. The zero-order chi connectivity index (χ0) is 15.2. The van der Waals surface area contributed by atoms with Crippen molar-refractivity contribution in [1.29, 1.82) is 0 Å². The van der Waals surface area contributed by atoms with Gasteiger partial charge in [-0.3, -0.25) is 0 Å². The number of urea groups is 1. The topological polar surface area (TPSA) is 50.4 Å². The highest BCUT2D eigenvalue weighted by Crippen LogP contribution is 2.25. The van der Waals surface area contributed by atoms with E-state index in [9.17, 15) is 4.79 Å². The summed E-state index contributed by atoms with van der Waals surface area (Å²) in [7, 11) is 0. The third kappa shape index (κ3) is 4.38. The summed E-state index contributed by atoms with van der Waals surface area (Å²) in [6.45, 7) is 7.20. The van der Waals surface area contributed by atoms with Gasteiger partial charge in [0.2, 0.25) is 0 Å². The average Bonchev–Trinajstić information content (AvgIpc) is 2.95. The summed E-state index contributed by atoms with van der Waals surface area (Å²) >= 11 is 0. The largest absolute Gasteiger partial charge is 0.491 e. The van der Waals surface area contributed by atoms with Crippen molar-refractivity contribution in [1.82, 2.24) is 10.6 Å². The molecule has 4 nitrogen and oxygen atoms in total. The molecule has 2 amide bonds. The maximum atomic E-state index is 11.7. The molecular formula is C17H26N2O2. The Bertz CT molecular complexity index is 494. The van der Waals surface area contributed by atoms with E-state index in [1.54, 1.807) is 0 Å². The van der Waals surface area contributed by atoms with E-state index in [0.29, 0.717) is 19.2 Å². The number of rotatable bonds is 5. The van der Waals surface area contributed by atoms with Gasteiger partial charge in [0.05, 0.1) is 6.54 Å². The van der Waals surface area contributed by atoms with Crippen LogP contribution in [-0.4, -0.2) is 25.2 Å². The van der Waals surface area contributed by atoms with Gasteiger partial charge in [-0.1, -0.05) is 25.0 Å². The highest BCUT2D eigenvalue weighted by Gasteiger charge is 2.16. The molecule has 1 aromatic carbocycles. The fourth-order valence-corrected chi connectivity index (χ4v) is 2.77. The van der Waals surface area contributed by atoms with Crippen molar-refractivity contribution < 1.29 is 9.53 Å². The Morgan fingerprint density at radius 3 is 2.57 bits per heavy atom. The van der Waals surface area contributed by atoms with Gasteiger partial charge in [-0.05, 0) is 50.3 Å². The number of carbonyl (C=O) groups excluding carboxylic acids is 1. The average molecular weight is 290 g/mol. The Kier molecular flexibility index (Phi) is 5.48. The molecule has 0 heterocycles. The Hall–Kier alpha value is -1.71. The molecule has 1 aromatic rings. The Balaban J connectivity index is 1.72. The van der Waals surface area contributed by atoms with Gasteiger partial charge in [0.25, 0.3) is 0 Å². The van der Waals surface area contributed by atoms with Crippen LogP contribution in [0.5, 0.6) is 5.75 Å². The molecule has 1 fully saturated rings. The van der Waals surface area contributed by atoms with Gasteiger partial charge in [-0.15, -0.1) is 0 Å². The number of amides is 2. The fourth-order valence-electron chi connectivity index (χ4n) is 2.77. The molecule has 0 aromatic heterocycles. The minimum Gasteiger partial charge on any atom is -0.491 e. The molecule has 1 aliphatic rings. The van der Waals surface area contributed by atoms with Crippen LogP contribution >= 0.6 is 0 Å². The van der Waals surface area contributed by atoms with Gasteiger partial charge < -0.3 is 15.4 Å². The third-order valence-corrected chi connectivity index (χ3v) is 4.20. The third-order valence-electron chi connectivity index (χ3n) is 4.20. The van der Waals surface area contributed by atoms with Crippen LogP contribution in [0.25, 0.3) is 0 Å². The summed E-state index contributed by atoms with van der Waals surface area (Å²) in [6, 6.07) is 4.44.